The largest absolute Gasteiger partial charge is 0.355 e. The average molecular weight is 473 g/mol. The molecular weight excluding hydrogens is 454 g/mol. The van der Waals surface area contributed by atoms with Gasteiger partial charge in [0.1, 0.15) is 5.52 Å². The third-order valence-corrected chi connectivity index (χ3v) is 5.79. The average Bonchev–Trinajstić information content (AvgIpc) is 3.58. The predicted molar refractivity (Wildman–Crippen MR) is 134 cm³/mol. The standard InChI is InChI=1S/C28H19N5O3/c34-28(21-10-11-24-22(16-21)26(36-32-24)18-6-2-1-3-7-18)30-23-9-5-4-8-20(23)17-25-31-27(33-35-25)19-12-14-29-15-13-19/h1-16H,17H2,(H,30,34). The van der Waals surface area contributed by atoms with E-state index in [4.69, 9.17) is 9.05 Å². The molecule has 6 aromatic rings. The monoisotopic (exact) mass is 473 g/mol. The van der Waals surface area contributed by atoms with E-state index in [0.29, 0.717) is 40.7 Å². The van der Waals surface area contributed by atoms with Crippen LogP contribution in [0.4, 0.5) is 5.69 Å². The van der Waals surface area contributed by atoms with Crippen LogP contribution < -0.4 is 5.32 Å². The van der Waals surface area contributed by atoms with Crippen molar-refractivity contribution in [3.05, 3.63) is 114 Å². The van der Waals surface area contributed by atoms with Gasteiger partial charge in [-0.25, -0.2) is 0 Å². The number of carbonyl (C=O) groups is 1. The fourth-order valence-corrected chi connectivity index (χ4v) is 3.98. The number of rotatable bonds is 6. The first-order valence-corrected chi connectivity index (χ1v) is 11.3. The molecule has 0 atom stereocenters. The molecule has 0 aliphatic carbocycles. The van der Waals surface area contributed by atoms with Crippen molar-refractivity contribution in [2.45, 2.75) is 6.42 Å². The van der Waals surface area contributed by atoms with Gasteiger partial charge in [0.05, 0.1) is 11.8 Å². The second kappa shape index (κ2) is 9.27. The van der Waals surface area contributed by atoms with E-state index in [9.17, 15) is 4.79 Å². The number of para-hydroxylation sites is 1. The fourth-order valence-electron chi connectivity index (χ4n) is 3.98. The molecule has 0 aliphatic rings. The van der Waals surface area contributed by atoms with Crippen LogP contribution in [0.5, 0.6) is 0 Å². The number of nitrogens with one attached hydrogen (secondary N) is 1. The molecule has 3 aromatic carbocycles. The van der Waals surface area contributed by atoms with Gasteiger partial charge in [-0.05, 0) is 42.0 Å². The molecule has 0 saturated heterocycles. The van der Waals surface area contributed by atoms with Gasteiger partial charge in [0, 0.05) is 34.8 Å². The molecule has 0 aliphatic heterocycles. The van der Waals surface area contributed by atoms with E-state index in [1.165, 1.54) is 0 Å². The summed E-state index contributed by atoms with van der Waals surface area (Å²) < 4.78 is 11.0. The normalized spacial score (nSPS) is 11.0. The first kappa shape index (κ1) is 21.4. The van der Waals surface area contributed by atoms with Crippen LogP contribution in [0.25, 0.3) is 33.6 Å². The van der Waals surface area contributed by atoms with Crippen LogP contribution in [-0.2, 0) is 6.42 Å². The predicted octanol–water partition coefficient (Wildman–Crippen LogP) is 5.78. The Balaban J connectivity index is 1.25. The number of anilines is 1. The van der Waals surface area contributed by atoms with Crippen LogP contribution in [0.1, 0.15) is 21.8 Å². The third kappa shape index (κ3) is 4.23. The maximum Gasteiger partial charge on any atom is 0.255 e. The van der Waals surface area contributed by atoms with E-state index in [0.717, 1.165) is 22.1 Å². The van der Waals surface area contributed by atoms with Crippen molar-refractivity contribution in [3.63, 3.8) is 0 Å². The summed E-state index contributed by atoms with van der Waals surface area (Å²) in [5.41, 5.74) is 4.42. The second-order valence-corrected chi connectivity index (χ2v) is 8.15. The summed E-state index contributed by atoms with van der Waals surface area (Å²) in [6.07, 6.45) is 3.73. The Hall–Kier alpha value is -5.11. The molecule has 0 unspecified atom stereocenters. The number of hydrogen-bond donors (Lipinski definition) is 1. The van der Waals surface area contributed by atoms with Crippen LogP contribution in [0.2, 0.25) is 0 Å². The molecule has 6 rings (SSSR count). The third-order valence-electron chi connectivity index (χ3n) is 5.79. The zero-order valence-corrected chi connectivity index (χ0v) is 19.0. The van der Waals surface area contributed by atoms with Crippen molar-refractivity contribution in [2.75, 3.05) is 5.32 Å². The Morgan fingerprint density at radius 1 is 0.806 bits per heavy atom. The molecule has 8 heteroatoms. The molecular formula is C28H19N5O3. The first-order valence-electron chi connectivity index (χ1n) is 11.3. The lowest BCUT2D eigenvalue weighted by atomic mass is 10.1. The van der Waals surface area contributed by atoms with Gasteiger partial charge in [0.15, 0.2) is 5.76 Å². The minimum Gasteiger partial charge on any atom is -0.355 e. The van der Waals surface area contributed by atoms with E-state index in [1.54, 1.807) is 30.6 Å². The molecule has 36 heavy (non-hydrogen) atoms. The zero-order valence-electron chi connectivity index (χ0n) is 19.0. The van der Waals surface area contributed by atoms with Gasteiger partial charge in [0.2, 0.25) is 11.7 Å². The number of aromatic nitrogens is 4. The van der Waals surface area contributed by atoms with Gasteiger partial charge >= 0.3 is 0 Å². The van der Waals surface area contributed by atoms with Crippen LogP contribution in [-0.4, -0.2) is 26.2 Å². The van der Waals surface area contributed by atoms with Gasteiger partial charge in [-0.1, -0.05) is 58.8 Å². The number of benzene rings is 3. The molecule has 3 aromatic heterocycles. The maximum absolute atomic E-state index is 13.2. The van der Waals surface area contributed by atoms with E-state index < -0.39 is 0 Å². The van der Waals surface area contributed by atoms with Gasteiger partial charge in [-0.2, -0.15) is 4.98 Å². The lowest BCUT2D eigenvalue weighted by Crippen LogP contribution is -2.13. The lowest BCUT2D eigenvalue weighted by molar-refractivity contribution is 0.102. The SMILES string of the molecule is O=C(Nc1ccccc1Cc1nc(-c2ccncc2)no1)c1ccc2noc(-c3ccccc3)c2c1. The highest BCUT2D eigenvalue weighted by molar-refractivity contribution is 6.07. The summed E-state index contributed by atoms with van der Waals surface area (Å²) in [4.78, 5) is 21.7. The van der Waals surface area contributed by atoms with Crippen LogP contribution >= 0.6 is 0 Å². The van der Waals surface area contributed by atoms with Crippen LogP contribution in [0.15, 0.2) is 106 Å². The summed E-state index contributed by atoms with van der Waals surface area (Å²) in [7, 11) is 0. The lowest BCUT2D eigenvalue weighted by Gasteiger charge is -2.10. The number of amides is 1. The molecule has 0 radical (unpaired) electrons. The minimum absolute atomic E-state index is 0.243. The van der Waals surface area contributed by atoms with Crippen LogP contribution in [0, 0.1) is 0 Å². The summed E-state index contributed by atoms with van der Waals surface area (Å²) in [6, 6.07) is 26.2. The minimum atomic E-state index is -0.243. The fraction of sp³-hybridized carbons (Fsp3) is 0.0357. The molecule has 0 spiro atoms. The van der Waals surface area contributed by atoms with Crippen molar-refractivity contribution in [1.82, 2.24) is 20.3 Å². The van der Waals surface area contributed by atoms with Crippen molar-refractivity contribution in [1.29, 1.82) is 0 Å². The quantitative estimate of drug-likeness (QED) is 0.327. The number of carbonyl (C=O) groups excluding carboxylic acids is 1. The van der Waals surface area contributed by atoms with E-state index in [2.05, 4.69) is 25.6 Å². The van der Waals surface area contributed by atoms with E-state index in [-0.39, 0.29) is 5.91 Å². The summed E-state index contributed by atoms with van der Waals surface area (Å²) in [5.74, 6) is 1.32. The summed E-state index contributed by atoms with van der Waals surface area (Å²) >= 11 is 0. The smallest absolute Gasteiger partial charge is 0.255 e. The molecule has 1 N–H and O–H groups in total. The van der Waals surface area contributed by atoms with Gasteiger partial charge in [0.25, 0.3) is 5.91 Å². The Morgan fingerprint density at radius 2 is 1.61 bits per heavy atom. The Morgan fingerprint density at radius 3 is 2.47 bits per heavy atom. The highest BCUT2D eigenvalue weighted by Gasteiger charge is 2.16. The molecule has 174 valence electrons. The summed E-state index contributed by atoms with van der Waals surface area (Å²) in [6.45, 7) is 0. The highest BCUT2D eigenvalue weighted by Crippen LogP contribution is 2.29. The Kier molecular flexibility index (Phi) is 5.51. The maximum atomic E-state index is 13.2. The Bertz CT molecular complexity index is 1660. The van der Waals surface area contributed by atoms with E-state index >= 15 is 0 Å². The molecule has 0 saturated carbocycles. The van der Waals surface area contributed by atoms with E-state index in [1.807, 2.05) is 66.7 Å². The summed E-state index contributed by atoms with van der Waals surface area (Å²) in [5, 5.41) is 12.0. The topological polar surface area (TPSA) is 107 Å². The van der Waals surface area contributed by atoms with Gasteiger partial charge < -0.3 is 14.4 Å². The number of hydrogen-bond acceptors (Lipinski definition) is 7. The zero-order chi connectivity index (χ0) is 24.3. The van der Waals surface area contributed by atoms with Crippen molar-refractivity contribution in [2.24, 2.45) is 0 Å². The van der Waals surface area contributed by atoms with Crippen LogP contribution in [0.3, 0.4) is 0 Å². The molecule has 8 nitrogen and oxygen atoms in total. The van der Waals surface area contributed by atoms with Crippen molar-refractivity contribution >= 4 is 22.5 Å². The number of nitrogens with zero attached hydrogens (tertiary/aromatic N) is 4. The molecule has 1 amide bonds. The highest BCUT2D eigenvalue weighted by atomic mass is 16.5. The van der Waals surface area contributed by atoms with Gasteiger partial charge in [-0.15, -0.1) is 0 Å². The molecule has 0 fully saturated rings. The number of fused-ring (bicyclic) bond motifs is 1. The molecule has 3 heterocycles. The molecule has 0 bridgehead atoms. The van der Waals surface area contributed by atoms with Crippen molar-refractivity contribution in [3.8, 4) is 22.7 Å². The Labute approximate surface area is 205 Å². The first-order chi connectivity index (χ1) is 17.7. The van der Waals surface area contributed by atoms with Crippen molar-refractivity contribution < 1.29 is 13.8 Å². The second-order valence-electron chi connectivity index (χ2n) is 8.15. The van der Waals surface area contributed by atoms with Gasteiger partial charge in [-0.3, -0.25) is 9.78 Å². The number of pyridine rings is 1.